The number of allylic oxidation sites excluding steroid dienone is 2. The van der Waals surface area contributed by atoms with E-state index in [1.165, 1.54) is 11.1 Å². The highest BCUT2D eigenvalue weighted by Gasteiger charge is 2.29. The lowest BCUT2D eigenvalue weighted by Gasteiger charge is -2.27. The molecule has 3 rings (SSSR count). The molecule has 0 unspecified atom stereocenters. The van der Waals surface area contributed by atoms with Gasteiger partial charge in [0.15, 0.2) is 0 Å². The van der Waals surface area contributed by atoms with Crippen molar-refractivity contribution < 1.29 is 17.9 Å². The number of hydrogen-bond donors (Lipinski definition) is 3. The Kier molecular flexibility index (Phi) is 9.82. The molecular weight excluding hydrogens is 447 g/mol. The molecule has 1 aromatic heterocycles. The van der Waals surface area contributed by atoms with E-state index in [2.05, 4.69) is 64.5 Å². The number of guanidine groups is 1. The van der Waals surface area contributed by atoms with Crippen LogP contribution >= 0.6 is 0 Å². The van der Waals surface area contributed by atoms with Gasteiger partial charge in [0.05, 0.1) is 37.2 Å². The zero-order valence-electron chi connectivity index (χ0n) is 19.8. The highest BCUT2D eigenvalue weighted by atomic mass is 19.4. The Hall–Kier alpha value is -3.18. The summed E-state index contributed by atoms with van der Waals surface area (Å²) in [6, 6.07) is 4.27. The van der Waals surface area contributed by atoms with Crippen molar-refractivity contribution >= 4 is 23.7 Å². The number of ether oxygens (including phenoxy) is 1. The zero-order valence-corrected chi connectivity index (χ0v) is 19.8. The normalized spacial score (nSPS) is 15.5. The number of aromatic nitrogens is 2. The van der Waals surface area contributed by atoms with E-state index >= 15 is 0 Å². The topological polar surface area (TPSA) is 104 Å². The number of morpholine rings is 1. The Balaban J connectivity index is 0.000000254. The first kappa shape index (κ1) is 27.1. The third-order valence-corrected chi connectivity index (χ3v) is 5.11. The molecule has 11 heteroatoms. The summed E-state index contributed by atoms with van der Waals surface area (Å²) in [7, 11) is 1.92. The van der Waals surface area contributed by atoms with E-state index in [1.807, 2.05) is 7.05 Å². The van der Waals surface area contributed by atoms with E-state index in [4.69, 9.17) is 10.5 Å². The predicted octanol–water partition coefficient (Wildman–Crippen LogP) is 3.58. The fourth-order valence-electron chi connectivity index (χ4n) is 3.21. The SMILES string of the molecule is C=C/C(CC(F)(F)F)=C(N)/N=C(\N=C)N1CCOCC1.CNCc1nc2cc(C)c(C)cc2[nH]1. The number of nitrogens with zero attached hydrogens (tertiary/aromatic N) is 4. The molecule has 1 saturated heterocycles. The number of nitrogens with two attached hydrogens (primary N) is 1. The Labute approximate surface area is 197 Å². The number of halogens is 3. The fraction of sp³-hybridized carbons (Fsp3) is 0.435. The third kappa shape index (κ3) is 7.99. The average Bonchev–Trinajstić information content (AvgIpc) is 3.17. The van der Waals surface area contributed by atoms with Crippen LogP contribution in [0, 0.1) is 13.8 Å². The second kappa shape index (κ2) is 12.3. The van der Waals surface area contributed by atoms with Crippen LogP contribution in [0.25, 0.3) is 11.0 Å². The number of rotatable bonds is 5. The van der Waals surface area contributed by atoms with Gasteiger partial charge in [-0.2, -0.15) is 18.2 Å². The summed E-state index contributed by atoms with van der Waals surface area (Å²) < 4.78 is 42.3. The van der Waals surface area contributed by atoms with Crippen molar-refractivity contribution in [2.45, 2.75) is 33.0 Å². The van der Waals surface area contributed by atoms with Crippen LogP contribution in [-0.2, 0) is 11.3 Å². The minimum Gasteiger partial charge on any atom is -0.383 e. The van der Waals surface area contributed by atoms with Crippen molar-refractivity contribution in [1.82, 2.24) is 20.2 Å². The van der Waals surface area contributed by atoms with E-state index in [9.17, 15) is 13.2 Å². The van der Waals surface area contributed by atoms with E-state index in [0.29, 0.717) is 26.3 Å². The summed E-state index contributed by atoms with van der Waals surface area (Å²) in [5, 5.41) is 3.08. The van der Waals surface area contributed by atoms with Gasteiger partial charge in [0.1, 0.15) is 11.6 Å². The Morgan fingerprint density at radius 1 is 1.29 bits per heavy atom. The lowest BCUT2D eigenvalue weighted by molar-refractivity contribution is -0.126. The summed E-state index contributed by atoms with van der Waals surface area (Å²) >= 11 is 0. The van der Waals surface area contributed by atoms with Gasteiger partial charge in [0, 0.05) is 18.7 Å². The molecule has 0 bridgehead atoms. The molecule has 4 N–H and O–H groups in total. The van der Waals surface area contributed by atoms with Crippen molar-refractivity contribution in [3.05, 3.63) is 53.1 Å². The fourth-order valence-corrected chi connectivity index (χ4v) is 3.21. The summed E-state index contributed by atoms with van der Waals surface area (Å²) in [4.78, 5) is 17.1. The van der Waals surface area contributed by atoms with Gasteiger partial charge in [-0.3, -0.25) is 0 Å². The molecule has 0 atom stereocenters. The second-order valence-electron chi connectivity index (χ2n) is 7.74. The number of aromatic amines is 1. The number of benzene rings is 1. The van der Waals surface area contributed by atoms with Gasteiger partial charge in [0.25, 0.3) is 0 Å². The molecule has 0 amide bonds. The van der Waals surface area contributed by atoms with Gasteiger partial charge < -0.3 is 25.7 Å². The van der Waals surface area contributed by atoms with E-state index in [0.717, 1.165) is 29.5 Å². The molecule has 0 saturated carbocycles. The average molecular weight is 480 g/mol. The Morgan fingerprint density at radius 3 is 2.50 bits per heavy atom. The Morgan fingerprint density at radius 2 is 1.94 bits per heavy atom. The smallest absolute Gasteiger partial charge is 0.383 e. The maximum atomic E-state index is 12.4. The highest BCUT2D eigenvalue weighted by molar-refractivity contribution is 5.85. The van der Waals surface area contributed by atoms with Crippen LogP contribution in [0.2, 0.25) is 0 Å². The minimum atomic E-state index is -4.37. The van der Waals surface area contributed by atoms with E-state index in [-0.39, 0.29) is 17.4 Å². The molecule has 1 aliphatic rings. The van der Waals surface area contributed by atoms with Crippen LogP contribution < -0.4 is 11.1 Å². The van der Waals surface area contributed by atoms with Crippen molar-refractivity contribution in [3.8, 4) is 0 Å². The lowest BCUT2D eigenvalue weighted by atomic mass is 10.1. The molecular formula is C23H32F3N7O. The second-order valence-corrected chi connectivity index (χ2v) is 7.74. The molecule has 2 aromatic rings. The van der Waals surface area contributed by atoms with Crippen molar-refractivity contribution in [2.75, 3.05) is 33.4 Å². The van der Waals surface area contributed by atoms with Crippen LogP contribution in [0.1, 0.15) is 23.4 Å². The molecule has 8 nitrogen and oxygen atoms in total. The first-order chi connectivity index (χ1) is 16.1. The summed E-state index contributed by atoms with van der Waals surface area (Å²) in [5.41, 5.74) is 10.2. The number of nitrogens with one attached hydrogen (secondary N) is 2. The highest BCUT2D eigenvalue weighted by Crippen LogP contribution is 2.26. The molecule has 0 aliphatic carbocycles. The van der Waals surface area contributed by atoms with Gasteiger partial charge in [-0.05, 0) is 50.9 Å². The van der Waals surface area contributed by atoms with Crippen LogP contribution in [0.4, 0.5) is 13.2 Å². The Bertz CT molecular complexity index is 1010. The third-order valence-electron chi connectivity index (χ3n) is 5.11. The number of imidazole rings is 1. The first-order valence-electron chi connectivity index (χ1n) is 10.7. The van der Waals surface area contributed by atoms with Gasteiger partial charge >= 0.3 is 6.18 Å². The standard InChI is InChI=1S/C12H17F3N4O.C11H15N3/c1-3-9(8-12(13,14)15)10(16)18-11(17-2)19-4-6-20-7-5-19;1-7-4-9-10(5-8(7)2)14-11(13-9)6-12-3/h3H,1-2,4-8,16H2;4-5,12H,6H2,1-3H3,(H,13,14)/b10-9-,18-11+;. The van der Waals surface area contributed by atoms with Gasteiger partial charge in [-0.25, -0.2) is 9.98 Å². The minimum absolute atomic E-state index is 0.187. The zero-order chi connectivity index (χ0) is 25.3. The maximum Gasteiger partial charge on any atom is 0.393 e. The molecule has 0 spiro atoms. The number of aryl methyl sites for hydroxylation is 2. The predicted molar refractivity (Wildman–Crippen MR) is 130 cm³/mol. The number of fused-ring (bicyclic) bond motifs is 1. The van der Waals surface area contributed by atoms with Crippen LogP contribution in [-0.4, -0.2) is 67.1 Å². The molecule has 1 aromatic carbocycles. The molecule has 0 radical (unpaired) electrons. The quantitative estimate of drug-likeness (QED) is 0.346. The molecule has 34 heavy (non-hydrogen) atoms. The van der Waals surface area contributed by atoms with E-state index < -0.39 is 12.6 Å². The van der Waals surface area contributed by atoms with Crippen molar-refractivity contribution in [3.63, 3.8) is 0 Å². The van der Waals surface area contributed by atoms with Gasteiger partial charge in [-0.1, -0.05) is 12.7 Å². The lowest BCUT2D eigenvalue weighted by Crippen LogP contribution is -2.40. The van der Waals surface area contributed by atoms with Gasteiger partial charge in [-0.15, -0.1) is 0 Å². The largest absolute Gasteiger partial charge is 0.393 e. The monoisotopic (exact) mass is 479 g/mol. The number of H-pyrrole nitrogens is 1. The van der Waals surface area contributed by atoms with Crippen molar-refractivity contribution in [2.24, 2.45) is 15.7 Å². The summed E-state index contributed by atoms with van der Waals surface area (Å²) in [5.74, 6) is 0.922. The molecule has 1 aliphatic heterocycles. The summed E-state index contributed by atoms with van der Waals surface area (Å²) in [6.45, 7) is 13.8. The van der Waals surface area contributed by atoms with Crippen molar-refractivity contribution in [1.29, 1.82) is 0 Å². The van der Waals surface area contributed by atoms with Crippen LogP contribution in [0.3, 0.4) is 0 Å². The number of aliphatic imine (C=N–C) groups is 2. The molecule has 186 valence electrons. The molecule has 1 fully saturated rings. The van der Waals surface area contributed by atoms with Crippen LogP contribution in [0.15, 0.2) is 46.2 Å². The first-order valence-corrected chi connectivity index (χ1v) is 10.7. The van der Waals surface area contributed by atoms with Gasteiger partial charge in [0.2, 0.25) is 5.96 Å². The number of hydrogen-bond acceptors (Lipinski definition) is 5. The molecule has 2 heterocycles. The van der Waals surface area contributed by atoms with Crippen LogP contribution in [0.5, 0.6) is 0 Å². The number of alkyl halides is 3. The van der Waals surface area contributed by atoms with E-state index in [1.54, 1.807) is 4.90 Å². The summed E-state index contributed by atoms with van der Waals surface area (Å²) in [6.07, 6.45) is -4.50. The maximum absolute atomic E-state index is 12.4.